The van der Waals surface area contributed by atoms with E-state index in [2.05, 4.69) is 29.0 Å². The van der Waals surface area contributed by atoms with Gasteiger partial charge >= 0.3 is 6.18 Å². The van der Waals surface area contributed by atoms with Crippen LogP contribution in [0, 0.1) is 0 Å². The Hall–Kier alpha value is -3.38. The molecule has 1 aliphatic heterocycles. The van der Waals surface area contributed by atoms with Crippen molar-refractivity contribution < 1.29 is 17.9 Å². The second-order valence-corrected chi connectivity index (χ2v) is 7.66. The van der Waals surface area contributed by atoms with Crippen molar-refractivity contribution in [2.45, 2.75) is 25.3 Å². The summed E-state index contributed by atoms with van der Waals surface area (Å²) in [5, 5.41) is 0. The summed E-state index contributed by atoms with van der Waals surface area (Å²) in [4.78, 5) is 7.77. The molecular formula is C25H19F3N2O. The molecule has 0 aliphatic carbocycles. The first-order chi connectivity index (χ1) is 14.9. The number of benzene rings is 3. The van der Waals surface area contributed by atoms with Crippen molar-refractivity contribution in [1.29, 1.82) is 0 Å². The molecule has 156 valence electrons. The predicted molar refractivity (Wildman–Crippen MR) is 115 cm³/mol. The highest BCUT2D eigenvalue weighted by Gasteiger charge is 2.37. The van der Waals surface area contributed by atoms with E-state index in [1.807, 2.05) is 30.3 Å². The number of imidazole rings is 1. The fourth-order valence-corrected chi connectivity index (χ4v) is 3.79. The van der Waals surface area contributed by atoms with Gasteiger partial charge in [-0.25, -0.2) is 4.98 Å². The quantitative estimate of drug-likeness (QED) is 0.366. The topological polar surface area (TPSA) is 41.2 Å². The zero-order chi connectivity index (χ0) is 21.6. The number of epoxide rings is 1. The maximum atomic E-state index is 12.9. The van der Waals surface area contributed by atoms with E-state index in [1.165, 1.54) is 11.6 Å². The van der Waals surface area contributed by atoms with Crippen LogP contribution in [-0.2, 0) is 10.9 Å². The monoisotopic (exact) mass is 420 g/mol. The lowest BCUT2D eigenvalue weighted by atomic mass is 9.96. The standard InChI is InChI=1S/C25H19F3N2O/c1-15-24(31-15)20-8-3-2-7-19(20)17-10-11-21-22(14-17)30-23(29-21)12-9-16-5-4-6-18(13-16)25(26,27)28/h2-15,24H,1H3,(H,29,30)/b12-9+. The molecule has 31 heavy (non-hydrogen) atoms. The molecule has 0 saturated carbocycles. The summed E-state index contributed by atoms with van der Waals surface area (Å²) in [6, 6.07) is 19.4. The van der Waals surface area contributed by atoms with Gasteiger partial charge in [0.05, 0.1) is 22.7 Å². The number of nitrogens with zero attached hydrogens (tertiary/aromatic N) is 1. The first-order valence-corrected chi connectivity index (χ1v) is 9.98. The Bertz CT molecular complexity index is 1290. The first kappa shape index (κ1) is 19.6. The lowest BCUT2D eigenvalue weighted by molar-refractivity contribution is -0.137. The smallest absolute Gasteiger partial charge is 0.365 e. The summed E-state index contributed by atoms with van der Waals surface area (Å²) in [6.07, 6.45) is -0.707. The molecule has 2 atom stereocenters. The van der Waals surface area contributed by atoms with E-state index in [0.717, 1.165) is 34.3 Å². The predicted octanol–water partition coefficient (Wildman–Crippen LogP) is 6.88. The molecular weight excluding hydrogens is 401 g/mol. The van der Waals surface area contributed by atoms with Crippen LogP contribution in [-0.4, -0.2) is 16.1 Å². The number of rotatable bonds is 4. The van der Waals surface area contributed by atoms with Crippen LogP contribution in [0.2, 0.25) is 0 Å². The third-order valence-electron chi connectivity index (χ3n) is 5.44. The number of hydrogen-bond acceptors (Lipinski definition) is 2. The molecule has 1 aliphatic rings. The third-order valence-corrected chi connectivity index (χ3v) is 5.44. The highest BCUT2D eigenvalue weighted by Crippen LogP contribution is 2.43. The number of H-pyrrole nitrogens is 1. The summed E-state index contributed by atoms with van der Waals surface area (Å²) in [6.45, 7) is 2.06. The first-order valence-electron chi connectivity index (χ1n) is 9.98. The van der Waals surface area contributed by atoms with E-state index in [1.54, 1.807) is 18.2 Å². The number of nitrogens with one attached hydrogen (secondary N) is 1. The summed E-state index contributed by atoms with van der Waals surface area (Å²) in [5.74, 6) is 0.581. The van der Waals surface area contributed by atoms with Crippen LogP contribution in [0.3, 0.4) is 0 Å². The fourth-order valence-electron chi connectivity index (χ4n) is 3.79. The van der Waals surface area contributed by atoms with Crippen molar-refractivity contribution in [3.8, 4) is 11.1 Å². The number of aromatic amines is 1. The van der Waals surface area contributed by atoms with Crippen molar-refractivity contribution >= 4 is 23.2 Å². The summed E-state index contributed by atoms with van der Waals surface area (Å²) in [7, 11) is 0. The van der Waals surface area contributed by atoms with E-state index in [4.69, 9.17) is 4.74 Å². The Morgan fingerprint density at radius 1 is 0.968 bits per heavy atom. The number of halogens is 3. The average molecular weight is 420 g/mol. The van der Waals surface area contributed by atoms with Gasteiger partial charge in [0.25, 0.3) is 0 Å². The van der Waals surface area contributed by atoms with Crippen LogP contribution in [0.1, 0.15) is 35.5 Å². The van der Waals surface area contributed by atoms with Crippen LogP contribution < -0.4 is 0 Å². The molecule has 1 fully saturated rings. The molecule has 6 heteroatoms. The largest absolute Gasteiger partial charge is 0.416 e. The Labute approximate surface area is 177 Å². The Morgan fingerprint density at radius 3 is 2.55 bits per heavy atom. The van der Waals surface area contributed by atoms with Crippen molar-refractivity contribution in [3.05, 3.63) is 89.2 Å². The molecule has 3 nitrogen and oxygen atoms in total. The molecule has 0 spiro atoms. The molecule has 0 amide bonds. The minimum absolute atomic E-state index is 0.125. The van der Waals surface area contributed by atoms with E-state index in [0.29, 0.717) is 11.4 Å². The molecule has 1 saturated heterocycles. The van der Waals surface area contributed by atoms with E-state index in [9.17, 15) is 13.2 Å². The van der Waals surface area contributed by atoms with Gasteiger partial charge in [-0.3, -0.25) is 0 Å². The lowest BCUT2D eigenvalue weighted by Crippen LogP contribution is -2.04. The van der Waals surface area contributed by atoms with Gasteiger partial charge in [-0.15, -0.1) is 0 Å². The molecule has 4 aromatic rings. The zero-order valence-corrected chi connectivity index (χ0v) is 16.6. The Balaban J connectivity index is 1.44. The van der Waals surface area contributed by atoms with Gasteiger partial charge in [-0.1, -0.05) is 48.5 Å². The van der Waals surface area contributed by atoms with Gasteiger partial charge in [0.1, 0.15) is 11.9 Å². The Kier molecular flexibility index (Phi) is 4.67. The normalized spacial score (nSPS) is 18.7. The van der Waals surface area contributed by atoms with Crippen molar-refractivity contribution in [1.82, 2.24) is 9.97 Å². The summed E-state index contributed by atoms with van der Waals surface area (Å²) < 4.78 is 44.4. The SMILES string of the molecule is CC1OC1c1ccccc1-c1ccc2nc(/C=C/c3cccc(C(F)(F)F)c3)[nH]c2c1. The zero-order valence-electron chi connectivity index (χ0n) is 16.6. The number of ether oxygens (including phenoxy) is 1. The highest BCUT2D eigenvalue weighted by atomic mass is 19.4. The molecule has 1 aromatic heterocycles. The molecule has 0 radical (unpaired) electrons. The highest BCUT2D eigenvalue weighted by molar-refractivity contribution is 5.84. The number of hydrogen-bond donors (Lipinski definition) is 1. The van der Waals surface area contributed by atoms with Crippen LogP contribution in [0.15, 0.2) is 66.7 Å². The van der Waals surface area contributed by atoms with Crippen LogP contribution in [0.25, 0.3) is 34.3 Å². The third kappa shape index (κ3) is 3.99. The van der Waals surface area contributed by atoms with Gasteiger partial charge in [-0.2, -0.15) is 13.2 Å². The number of fused-ring (bicyclic) bond motifs is 1. The molecule has 1 N–H and O–H groups in total. The fraction of sp³-hybridized carbons (Fsp3) is 0.160. The van der Waals surface area contributed by atoms with E-state index >= 15 is 0 Å². The second kappa shape index (κ2) is 7.39. The van der Waals surface area contributed by atoms with E-state index < -0.39 is 11.7 Å². The molecule has 2 unspecified atom stereocenters. The molecule has 5 rings (SSSR count). The van der Waals surface area contributed by atoms with Gasteiger partial charge in [0.15, 0.2) is 0 Å². The van der Waals surface area contributed by atoms with Crippen LogP contribution in [0.4, 0.5) is 13.2 Å². The number of alkyl halides is 3. The van der Waals surface area contributed by atoms with Crippen LogP contribution in [0.5, 0.6) is 0 Å². The average Bonchev–Trinajstić information content (AvgIpc) is 3.34. The van der Waals surface area contributed by atoms with Gasteiger partial charge < -0.3 is 9.72 Å². The van der Waals surface area contributed by atoms with Gasteiger partial charge in [0, 0.05) is 0 Å². The molecule has 2 heterocycles. The maximum absolute atomic E-state index is 12.9. The maximum Gasteiger partial charge on any atom is 0.416 e. The van der Waals surface area contributed by atoms with Crippen LogP contribution >= 0.6 is 0 Å². The van der Waals surface area contributed by atoms with Crippen molar-refractivity contribution in [3.63, 3.8) is 0 Å². The van der Waals surface area contributed by atoms with E-state index in [-0.39, 0.29) is 12.2 Å². The van der Waals surface area contributed by atoms with Crippen molar-refractivity contribution in [2.24, 2.45) is 0 Å². The van der Waals surface area contributed by atoms with Gasteiger partial charge in [0.2, 0.25) is 0 Å². The molecule has 3 aromatic carbocycles. The minimum Gasteiger partial charge on any atom is -0.365 e. The Morgan fingerprint density at radius 2 is 1.77 bits per heavy atom. The summed E-state index contributed by atoms with van der Waals surface area (Å²) in [5.41, 5.74) is 4.79. The lowest BCUT2D eigenvalue weighted by Gasteiger charge is -2.07. The minimum atomic E-state index is -4.36. The number of aromatic nitrogens is 2. The second-order valence-electron chi connectivity index (χ2n) is 7.66. The molecule has 0 bridgehead atoms. The van der Waals surface area contributed by atoms with Crippen molar-refractivity contribution in [2.75, 3.05) is 0 Å². The van der Waals surface area contributed by atoms with Gasteiger partial charge in [-0.05, 0) is 59.5 Å². The summed E-state index contributed by atoms with van der Waals surface area (Å²) >= 11 is 0.